The van der Waals surface area contributed by atoms with E-state index < -0.39 is 0 Å². The quantitative estimate of drug-likeness (QED) is 0.907. The zero-order valence-electron chi connectivity index (χ0n) is 10.4. The molecule has 2 rings (SSSR count). The van der Waals surface area contributed by atoms with Crippen molar-refractivity contribution in [3.8, 4) is 0 Å². The number of benzene rings is 1. The zero-order chi connectivity index (χ0) is 12.3. The molecular weight excluding hydrogens is 271 g/mol. The third-order valence-electron chi connectivity index (χ3n) is 3.28. The number of amides is 1. The van der Waals surface area contributed by atoms with E-state index in [1.165, 1.54) is 0 Å². The first-order valence-corrected chi connectivity index (χ1v) is 6.30. The Morgan fingerprint density at radius 3 is 2.56 bits per heavy atom. The molecule has 1 aliphatic heterocycles. The molecule has 18 heavy (non-hydrogen) atoms. The Morgan fingerprint density at radius 2 is 1.94 bits per heavy atom. The topological polar surface area (TPSA) is 32.3 Å². The summed E-state index contributed by atoms with van der Waals surface area (Å²) in [5, 5.41) is 3.82. The fourth-order valence-corrected chi connectivity index (χ4v) is 2.40. The average Bonchev–Trinajstić information content (AvgIpc) is 2.39. The van der Waals surface area contributed by atoms with Gasteiger partial charge in [-0.05, 0) is 38.1 Å². The summed E-state index contributed by atoms with van der Waals surface area (Å²) < 4.78 is 0. The van der Waals surface area contributed by atoms with E-state index in [0.29, 0.717) is 16.6 Å². The molecule has 1 saturated heterocycles. The second-order valence-corrected chi connectivity index (χ2v) is 4.78. The van der Waals surface area contributed by atoms with Gasteiger partial charge in [-0.2, -0.15) is 0 Å². The Bertz CT molecular complexity index is 406. The lowest BCUT2D eigenvalue weighted by atomic mass is 10.0. The number of nitrogens with one attached hydrogen (secondary N) is 1. The zero-order valence-corrected chi connectivity index (χ0v) is 11.9. The van der Waals surface area contributed by atoms with E-state index >= 15 is 0 Å². The van der Waals surface area contributed by atoms with Crippen LogP contribution < -0.4 is 5.32 Å². The third kappa shape index (κ3) is 3.37. The van der Waals surface area contributed by atoms with Crippen LogP contribution in [-0.2, 0) is 0 Å². The number of piperidine rings is 1. The molecule has 1 fully saturated rings. The van der Waals surface area contributed by atoms with Crippen molar-refractivity contribution in [1.82, 2.24) is 10.2 Å². The van der Waals surface area contributed by atoms with Gasteiger partial charge in [0.1, 0.15) is 0 Å². The van der Waals surface area contributed by atoms with Gasteiger partial charge in [0.05, 0.1) is 10.6 Å². The van der Waals surface area contributed by atoms with Gasteiger partial charge in [0.25, 0.3) is 5.91 Å². The molecule has 0 spiro atoms. The molecule has 3 nitrogen and oxygen atoms in total. The Kier molecular flexibility index (Phi) is 5.93. The van der Waals surface area contributed by atoms with E-state index in [-0.39, 0.29) is 18.3 Å². The normalized spacial score (nSPS) is 15.9. The molecule has 1 amide bonds. The molecule has 0 unspecified atom stereocenters. The predicted octanol–water partition coefficient (Wildman–Crippen LogP) is 2.59. The molecule has 0 saturated carbocycles. The first kappa shape index (κ1) is 15.3. The molecule has 1 aliphatic rings. The van der Waals surface area contributed by atoms with Crippen LogP contribution in [-0.4, -0.2) is 37.0 Å². The van der Waals surface area contributed by atoms with Gasteiger partial charge in [-0.3, -0.25) is 4.79 Å². The molecule has 100 valence electrons. The van der Waals surface area contributed by atoms with Crippen LogP contribution in [0.25, 0.3) is 0 Å². The lowest BCUT2D eigenvalue weighted by molar-refractivity contribution is 0.0703. The molecule has 0 aromatic heterocycles. The lowest BCUT2D eigenvalue weighted by Gasteiger charge is -2.31. The summed E-state index contributed by atoms with van der Waals surface area (Å²) in [5.74, 6) is 0.0162. The van der Waals surface area contributed by atoms with E-state index in [2.05, 4.69) is 5.32 Å². The van der Waals surface area contributed by atoms with Gasteiger partial charge >= 0.3 is 0 Å². The minimum atomic E-state index is 0. The maximum atomic E-state index is 12.3. The third-order valence-corrected chi connectivity index (χ3v) is 3.61. The number of halogens is 2. The highest BCUT2D eigenvalue weighted by Gasteiger charge is 2.23. The van der Waals surface area contributed by atoms with Crippen LogP contribution in [0.1, 0.15) is 23.2 Å². The summed E-state index contributed by atoms with van der Waals surface area (Å²) in [6.45, 7) is 1.95. The van der Waals surface area contributed by atoms with E-state index in [1.54, 1.807) is 12.1 Å². The summed E-state index contributed by atoms with van der Waals surface area (Å²) in [5.41, 5.74) is 0.593. The molecular formula is C13H18Cl2N2O. The number of nitrogens with zero attached hydrogens (tertiary/aromatic N) is 1. The fourth-order valence-electron chi connectivity index (χ4n) is 2.18. The minimum absolute atomic E-state index is 0. The monoisotopic (exact) mass is 288 g/mol. The van der Waals surface area contributed by atoms with Crippen molar-refractivity contribution >= 4 is 29.9 Å². The van der Waals surface area contributed by atoms with Gasteiger partial charge in [0.15, 0.2) is 0 Å². The number of hydrogen-bond acceptors (Lipinski definition) is 2. The van der Waals surface area contributed by atoms with Gasteiger partial charge < -0.3 is 10.2 Å². The molecule has 0 radical (unpaired) electrons. The van der Waals surface area contributed by atoms with Crippen LogP contribution in [0.3, 0.4) is 0 Å². The van der Waals surface area contributed by atoms with Crippen molar-refractivity contribution in [2.24, 2.45) is 0 Å². The van der Waals surface area contributed by atoms with E-state index in [1.807, 2.05) is 24.1 Å². The van der Waals surface area contributed by atoms with Crippen molar-refractivity contribution < 1.29 is 4.79 Å². The smallest absolute Gasteiger partial charge is 0.255 e. The van der Waals surface area contributed by atoms with Crippen molar-refractivity contribution in [3.05, 3.63) is 34.9 Å². The summed E-state index contributed by atoms with van der Waals surface area (Å²) in [7, 11) is 1.86. The van der Waals surface area contributed by atoms with Gasteiger partial charge in [-0.25, -0.2) is 0 Å². The van der Waals surface area contributed by atoms with Crippen LogP contribution in [0.2, 0.25) is 5.02 Å². The first-order valence-electron chi connectivity index (χ1n) is 5.92. The maximum Gasteiger partial charge on any atom is 0.255 e. The molecule has 5 heteroatoms. The van der Waals surface area contributed by atoms with Gasteiger partial charge in [-0.1, -0.05) is 23.7 Å². The largest absolute Gasteiger partial charge is 0.339 e. The van der Waals surface area contributed by atoms with Crippen molar-refractivity contribution in [2.75, 3.05) is 20.1 Å². The summed E-state index contributed by atoms with van der Waals surface area (Å²) in [4.78, 5) is 14.1. The molecule has 1 heterocycles. The van der Waals surface area contributed by atoms with Crippen molar-refractivity contribution in [3.63, 3.8) is 0 Å². The molecule has 0 atom stereocenters. The number of carbonyl (C=O) groups excluding carboxylic acids is 1. The van der Waals surface area contributed by atoms with E-state index in [0.717, 1.165) is 25.9 Å². The first-order chi connectivity index (χ1) is 8.20. The standard InChI is InChI=1S/C13H17ClN2O.ClH/c1-16(10-6-8-15-9-7-10)13(17)11-4-2-3-5-12(11)14;/h2-5,10,15H,6-9H2,1H3;1H. The number of carbonyl (C=O) groups is 1. The van der Waals surface area contributed by atoms with Crippen LogP contribution in [0.4, 0.5) is 0 Å². The second kappa shape index (κ2) is 6.98. The highest BCUT2D eigenvalue weighted by molar-refractivity contribution is 6.33. The Labute approximate surface area is 119 Å². The van der Waals surface area contributed by atoms with E-state index in [4.69, 9.17) is 11.6 Å². The van der Waals surface area contributed by atoms with E-state index in [9.17, 15) is 4.79 Å². The lowest BCUT2D eigenvalue weighted by Crippen LogP contribution is -2.44. The molecule has 1 aromatic carbocycles. The summed E-state index contributed by atoms with van der Waals surface area (Å²) in [6.07, 6.45) is 2.01. The van der Waals surface area contributed by atoms with Crippen LogP contribution in [0.15, 0.2) is 24.3 Å². The van der Waals surface area contributed by atoms with Gasteiger partial charge in [0.2, 0.25) is 0 Å². The Hall–Kier alpha value is -0.770. The molecule has 1 aromatic rings. The summed E-state index contributed by atoms with van der Waals surface area (Å²) in [6, 6.07) is 7.53. The fraction of sp³-hybridized carbons (Fsp3) is 0.462. The highest BCUT2D eigenvalue weighted by Crippen LogP contribution is 2.19. The minimum Gasteiger partial charge on any atom is -0.339 e. The van der Waals surface area contributed by atoms with Crippen molar-refractivity contribution in [1.29, 1.82) is 0 Å². The Morgan fingerprint density at radius 1 is 1.33 bits per heavy atom. The second-order valence-electron chi connectivity index (χ2n) is 4.38. The average molecular weight is 289 g/mol. The molecule has 0 bridgehead atoms. The SMILES string of the molecule is CN(C(=O)c1ccccc1Cl)C1CCNCC1.Cl. The predicted molar refractivity (Wildman–Crippen MR) is 76.7 cm³/mol. The number of rotatable bonds is 2. The Balaban J connectivity index is 0.00000162. The van der Waals surface area contributed by atoms with Gasteiger partial charge in [0, 0.05) is 13.1 Å². The highest BCUT2D eigenvalue weighted by atomic mass is 35.5. The maximum absolute atomic E-state index is 12.3. The van der Waals surface area contributed by atoms with Crippen LogP contribution >= 0.6 is 24.0 Å². The van der Waals surface area contributed by atoms with Crippen molar-refractivity contribution in [2.45, 2.75) is 18.9 Å². The number of hydrogen-bond donors (Lipinski definition) is 1. The molecule has 1 N–H and O–H groups in total. The van der Waals surface area contributed by atoms with Gasteiger partial charge in [-0.15, -0.1) is 12.4 Å². The van der Waals surface area contributed by atoms with Crippen LogP contribution in [0, 0.1) is 0 Å². The van der Waals surface area contributed by atoms with Crippen LogP contribution in [0.5, 0.6) is 0 Å². The summed E-state index contributed by atoms with van der Waals surface area (Å²) >= 11 is 6.04. The molecule has 0 aliphatic carbocycles.